The van der Waals surface area contributed by atoms with E-state index in [9.17, 15) is 4.79 Å². The van der Waals surface area contributed by atoms with Gasteiger partial charge in [0.1, 0.15) is 4.88 Å². The summed E-state index contributed by atoms with van der Waals surface area (Å²) in [4.78, 5) is 13.6. The maximum Gasteiger partial charge on any atom is 0.265 e. The largest absolute Gasteiger partial charge is 0.494 e. The molecule has 0 aliphatic rings. The lowest BCUT2D eigenvalue weighted by atomic mass is 10.3. The number of hydrogen-bond donors (Lipinski definition) is 1. The molecule has 3 nitrogen and oxygen atoms in total. The predicted molar refractivity (Wildman–Crippen MR) is 75.1 cm³/mol. The van der Waals surface area contributed by atoms with Crippen molar-refractivity contribution in [3.63, 3.8) is 0 Å². The number of rotatable bonds is 5. The van der Waals surface area contributed by atoms with Gasteiger partial charge in [0.15, 0.2) is 5.75 Å². The Labute approximate surface area is 114 Å². The summed E-state index contributed by atoms with van der Waals surface area (Å²) >= 11 is 4.85. The monoisotopic (exact) mass is 317 g/mol. The molecule has 0 aromatic carbocycles. The zero-order valence-corrected chi connectivity index (χ0v) is 12.6. The first-order valence-electron chi connectivity index (χ1n) is 5.34. The van der Waals surface area contributed by atoms with Crippen molar-refractivity contribution in [2.45, 2.75) is 20.3 Å². The van der Waals surface area contributed by atoms with Crippen molar-refractivity contribution in [1.82, 2.24) is 5.32 Å². The summed E-state index contributed by atoms with van der Waals surface area (Å²) in [5, 5.41) is 2.87. The second-order valence-electron chi connectivity index (χ2n) is 3.45. The fourth-order valence-corrected chi connectivity index (χ4v) is 3.02. The number of aryl methyl sites for hydroxylation is 1. The van der Waals surface area contributed by atoms with Crippen molar-refractivity contribution < 1.29 is 9.53 Å². The van der Waals surface area contributed by atoms with Crippen LogP contribution in [0.4, 0.5) is 0 Å². The molecule has 1 amide bonds. The van der Waals surface area contributed by atoms with Crippen LogP contribution in [0.2, 0.25) is 0 Å². The number of halogens is 1. The van der Waals surface area contributed by atoms with Crippen LogP contribution in [-0.4, -0.2) is 19.6 Å². The molecule has 94 valence electrons. The van der Waals surface area contributed by atoms with E-state index in [0.717, 1.165) is 15.8 Å². The summed E-state index contributed by atoms with van der Waals surface area (Å²) < 4.78 is 6.10. The predicted octanol–water partition coefficient (Wildman–Crippen LogP) is 3.52. The van der Waals surface area contributed by atoms with Gasteiger partial charge in [-0.3, -0.25) is 4.79 Å². The minimum atomic E-state index is -0.0786. The Balaban J connectivity index is 2.72. The van der Waals surface area contributed by atoms with Crippen molar-refractivity contribution >= 4 is 33.2 Å². The second kappa shape index (κ2) is 6.81. The fourth-order valence-electron chi connectivity index (χ4n) is 1.35. The van der Waals surface area contributed by atoms with E-state index in [0.29, 0.717) is 17.2 Å². The molecular formula is C12H16BrNO2S. The summed E-state index contributed by atoms with van der Waals surface area (Å²) in [6.07, 6.45) is 4.84. The van der Waals surface area contributed by atoms with Gasteiger partial charge in [-0.05, 0) is 36.2 Å². The highest BCUT2D eigenvalue weighted by atomic mass is 79.9. The summed E-state index contributed by atoms with van der Waals surface area (Å²) in [6, 6.07) is 0. The van der Waals surface area contributed by atoms with E-state index in [-0.39, 0.29) is 5.91 Å². The number of ether oxygens (including phenoxy) is 1. The molecule has 1 aromatic rings. The minimum absolute atomic E-state index is 0.0786. The summed E-state index contributed by atoms with van der Waals surface area (Å²) in [7, 11) is 1.57. The zero-order valence-electron chi connectivity index (χ0n) is 10.2. The topological polar surface area (TPSA) is 38.3 Å². The molecule has 0 unspecified atom stereocenters. The van der Waals surface area contributed by atoms with Gasteiger partial charge in [-0.1, -0.05) is 12.2 Å². The van der Waals surface area contributed by atoms with Gasteiger partial charge in [-0.2, -0.15) is 0 Å². The molecule has 1 N–H and O–H groups in total. The number of carbonyl (C=O) groups excluding carboxylic acids is 1. The number of thiophene rings is 1. The number of amides is 1. The molecule has 0 spiro atoms. The van der Waals surface area contributed by atoms with Gasteiger partial charge in [0.05, 0.1) is 11.6 Å². The molecule has 0 atom stereocenters. The molecular weight excluding hydrogens is 302 g/mol. The molecule has 0 saturated carbocycles. The number of hydrogen-bond acceptors (Lipinski definition) is 3. The van der Waals surface area contributed by atoms with Gasteiger partial charge in [0.25, 0.3) is 5.91 Å². The van der Waals surface area contributed by atoms with Crippen LogP contribution in [-0.2, 0) is 0 Å². The van der Waals surface area contributed by atoms with Crippen LogP contribution in [0.3, 0.4) is 0 Å². The van der Waals surface area contributed by atoms with E-state index in [1.807, 2.05) is 26.0 Å². The molecule has 0 fully saturated rings. The maximum absolute atomic E-state index is 11.9. The SMILES string of the molecule is CC=CCCNC(=O)c1sc(C)c(Br)c1OC. The quantitative estimate of drug-likeness (QED) is 0.666. The molecule has 1 rings (SSSR count). The molecule has 0 saturated heterocycles. The molecule has 0 aliphatic heterocycles. The Hall–Kier alpha value is -0.810. The maximum atomic E-state index is 11.9. The molecule has 17 heavy (non-hydrogen) atoms. The van der Waals surface area contributed by atoms with E-state index in [1.54, 1.807) is 7.11 Å². The standard InChI is InChI=1S/C12H16BrNO2S/c1-4-5-6-7-14-12(15)11-10(16-3)9(13)8(2)17-11/h4-5H,6-7H2,1-3H3,(H,14,15). The molecule has 0 aliphatic carbocycles. The van der Waals surface area contributed by atoms with E-state index < -0.39 is 0 Å². The van der Waals surface area contributed by atoms with Crippen LogP contribution >= 0.6 is 27.3 Å². The van der Waals surface area contributed by atoms with Crippen molar-refractivity contribution in [3.05, 3.63) is 26.4 Å². The average Bonchev–Trinajstić information content (AvgIpc) is 2.61. The number of allylic oxidation sites excluding steroid dienone is 1. The van der Waals surface area contributed by atoms with E-state index in [4.69, 9.17) is 4.74 Å². The van der Waals surface area contributed by atoms with Crippen molar-refractivity contribution in [1.29, 1.82) is 0 Å². The fraction of sp³-hybridized carbons (Fsp3) is 0.417. The van der Waals surface area contributed by atoms with Crippen molar-refractivity contribution in [2.24, 2.45) is 0 Å². The lowest BCUT2D eigenvalue weighted by molar-refractivity contribution is 0.0955. The summed E-state index contributed by atoms with van der Waals surface area (Å²) in [5.41, 5.74) is 0. The van der Waals surface area contributed by atoms with Crippen molar-refractivity contribution in [2.75, 3.05) is 13.7 Å². The van der Waals surface area contributed by atoms with Crippen LogP contribution in [0.5, 0.6) is 5.75 Å². The summed E-state index contributed by atoms with van der Waals surface area (Å²) in [5.74, 6) is 0.543. The normalized spacial score (nSPS) is 10.8. The first kappa shape index (κ1) is 14.3. The molecule has 5 heteroatoms. The summed E-state index contributed by atoms with van der Waals surface area (Å²) in [6.45, 7) is 4.55. The Morgan fingerprint density at radius 1 is 1.59 bits per heavy atom. The Morgan fingerprint density at radius 3 is 2.88 bits per heavy atom. The van der Waals surface area contributed by atoms with Gasteiger partial charge in [-0.25, -0.2) is 0 Å². The van der Waals surface area contributed by atoms with Gasteiger partial charge in [0, 0.05) is 11.4 Å². The minimum Gasteiger partial charge on any atom is -0.494 e. The average molecular weight is 318 g/mol. The highest BCUT2D eigenvalue weighted by Crippen LogP contribution is 2.38. The van der Waals surface area contributed by atoms with Crippen molar-refractivity contribution in [3.8, 4) is 5.75 Å². The van der Waals surface area contributed by atoms with Crippen LogP contribution in [0.1, 0.15) is 27.9 Å². The van der Waals surface area contributed by atoms with Crippen LogP contribution < -0.4 is 10.1 Å². The molecule has 1 aromatic heterocycles. The smallest absolute Gasteiger partial charge is 0.265 e. The molecule has 0 bridgehead atoms. The van der Waals surface area contributed by atoms with Gasteiger partial charge >= 0.3 is 0 Å². The van der Waals surface area contributed by atoms with E-state index >= 15 is 0 Å². The van der Waals surface area contributed by atoms with Crippen LogP contribution in [0, 0.1) is 6.92 Å². The third-order valence-corrected chi connectivity index (χ3v) is 4.51. The van der Waals surface area contributed by atoms with Gasteiger partial charge in [-0.15, -0.1) is 11.3 Å². The van der Waals surface area contributed by atoms with Crippen LogP contribution in [0.15, 0.2) is 16.6 Å². The number of nitrogens with one attached hydrogen (secondary N) is 1. The van der Waals surface area contributed by atoms with Crippen LogP contribution in [0.25, 0.3) is 0 Å². The van der Waals surface area contributed by atoms with Gasteiger partial charge < -0.3 is 10.1 Å². The van der Waals surface area contributed by atoms with E-state index in [1.165, 1.54) is 11.3 Å². The van der Waals surface area contributed by atoms with E-state index in [2.05, 4.69) is 21.2 Å². The lowest BCUT2D eigenvalue weighted by Gasteiger charge is -2.04. The lowest BCUT2D eigenvalue weighted by Crippen LogP contribution is -2.23. The number of carbonyl (C=O) groups is 1. The highest BCUT2D eigenvalue weighted by molar-refractivity contribution is 9.10. The third-order valence-electron chi connectivity index (χ3n) is 2.21. The highest BCUT2D eigenvalue weighted by Gasteiger charge is 2.19. The Morgan fingerprint density at radius 2 is 2.29 bits per heavy atom. The molecule has 0 radical (unpaired) electrons. The van der Waals surface area contributed by atoms with Gasteiger partial charge in [0.2, 0.25) is 0 Å². The second-order valence-corrected chi connectivity index (χ2v) is 5.47. The number of methoxy groups -OCH3 is 1. The molecule has 1 heterocycles. The third kappa shape index (κ3) is 3.57. The Kier molecular flexibility index (Phi) is 5.71. The zero-order chi connectivity index (χ0) is 12.8. The first-order chi connectivity index (χ1) is 8.11. The first-order valence-corrected chi connectivity index (χ1v) is 6.95. The Bertz CT molecular complexity index is 426.